The number of hydrogen-bond acceptors (Lipinski definition) is 3. The second-order valence-corrected chi connectivity index (χ2v) is 6.11. The van der Waals surface area contributed by atoms with Crippen LogP contribution in [0.15, 0.2) is 41.3 Å². The number of fused-ring (bicyclic) bond motifs is 1. The third kappa shape index (κ3) is 2.53. The molecule has 1 atom stereocenters. The average Bonchev–Trinajstić information content (AvgIpc) is 2.86. The number of pyridine rings is 1. The van der Waals surface area contributed by atoms with Gasteiger partial charge >= 0.3 is 0 Å². The van der Waals surface area contributed by atoms with Gasteiger partial charge in [0.25, 0.3) is 0 Å². The number of amides is 1. The first-order valence-corrected chi connectivity index (χ1v) is 7.67. The normalized spacial score (nSPS) is 16.8. The van der Waals surface area contributed by atoms with E-state index in [0.717, 1.165) is 17.0 Å². The standard InChI is InChI=1S/C15H13ClN2OS/c1-9-12(6-7-14(16)17-9)18-15(19)11-8-20-13-5-3-2-4-10(11)13/h2-7,11H,8H2,1H3,(H,18,19). The number of halogens is 1. The minimum absolute atomic E-state index is 0.00896. The Labute approximate surface area is 126 Å². The van der Waals surface area contributed by atoms with Crippen LogP contribution in [-0.2, 0) is 4.79 Å². The molecule has 0 spiro atoms. The number of hydrogen-bond donors (Lipinski definition) is 1. The fourth-order valence-electron chi connectivity index (χ4n) is 2.26. The summed E-state index contributed by atoms with van der Waals surface area (Å²) < 4.78 is 0. The number of thioether (sulfide) groups is 1. The van der Waals surface area contributed by atoms with E-state index in [2.05, 4.69) is 16.4 Å². The maximum absolute atomic E-state index is 12.4. The Morgan fingerprint density at radius 3 is 2.95 bits per heavy atom. The summed E-state index contributed by atoms with van der Waals surface area (Å²) in [6.45, 7) is 1.83. The molecule has 102 valence electrons. The molecule has 1 aliphatic rings. The minimum Gasteiger partial charge on any atom is -0.324 e. The number of anilines is 1. The number of aryl methyl sites for hydroxylation is 1. The van der Waals surface area contributed by atoms with Crippen LogP contribution in [0.25, 0.3) is 0 Å². The maximum atomic E-state index is 12.4. The van der Waals surface area contributed by atoms with Gasteiger partial charge in [0, 0.05) is 10.6 Å². The van der Waals surface area contributed by atoms with E-state index in [-0.39, 0.29) is 11.8 Å². The fraction of sp³-hybridized carbons (Fsp3) is 0.200. The first-order valence-electron chi connectivity index (χ1n) is 6.31. The van der Waals surface area contributed by atoms with Gasteiger partial charge in [-0.3, -0.25) is 4.79 Å². The number of rotatable bonds is 2. The summed E-state index contributed by atoms with van der Waals surface area (Å²) in [7, 11) is 0. The van der Waals surface area contributed by atoms with Crippen molar-refractivity contribution >= 4 is 35.0 Å². The van der Waals surface area contributed by atoms with Crippen LogP contribution in [0, 0.1) is 6.92 Å². The van der Waals surface area contributed by atoms with Crippen molar-refractivity contribution in [3.05, 3.63) is 52.8 Å². The molecule has 0 aliphatic carbocycles. The van der Waals surface area contributed by atoms with Gasteiger partial charge in [0.2, 0.25) is 5.91 Å². The largest absolute Gasteiger partial charge is 0.324 e. The molecular formula is C15H13ClN2OS. The number of carbonyl (C=O) groups is 1. The molecule has 1 aromatic carbocycles. The molecule has 1 N–H and O–H groups in total. The predicted octanol–water partition coefficient (Wildman–Crippen LogP) is 3.87. The van der Waals surface area contributed by atoms with Crippen molar-refractivity contribution in [2.45, 2.75) is 17.7 Å². The second-order valence-electron chi connectivity index (χ2n) is 4.66. The zero-order valence-corrected chi connectivity index (χ0v) is 12.5. The van der Waals surface area contributed by atoms with Crippen molar-refractivity contribution in [2.75, 3.05) is 11.1 Å². The van der Waals surface area contributed by atoms with E-state index in [1.54, 1.807) is 23.9 Å². The molecule has 1 aliphatic heterocycles. The number of benzene rings is 1. The summed E-state index contributed by atoms with van der Waals surface area (Å²) in [6, 6.07) is 11.5. The third-order valence-corrected chi connectivity index (χ3v) is 4.72. The van der Waals surface area contributed by atoms with Crippen molar-refractivity contribution in [2.24, 2.45) is 0 Å². The van der Waals surface area contributed by atoms with E-state index in [0.29, 0.717) is 10.8 Å². The summed E-state index contributed by atoms with van der Waals surface area (Å²) >= 11 is 7.54. The SMILES string of the molecule is Cc1nc(Cl)ccc1NC(=O)C1CSc2ccccc21. The lowest BCUT2D eigenvalue weighted by atomic mass is 10.0. The molecule has 2 heterocycles. The molecule has 0 fully saturated rings. The van der Waals surface area contributed by atoms with E-state index in [4.69, 9.17) is 11.6 Å². The van der Waals surface area contributed by atoms with E-state index >= 15 is 0 Å². The molecule has 0 bridgehead atoms. The Balaban J connectivity index is 1.81. The summed E-state index contributed by atoms with van der Waals surface area (Å²) in [6.07, 6.45) is 0. The summed E-state index contributed by atoms with van der Waals surface area (Å²) in [5, 5.41) is 3.38. The Hall–Kier alpha value is -1.52. The highest BCUT2D eigenvalue weighted by molar-refractivity contribution is 7.99. The number of nitrogens with zero attached hydrogens (tertiary/aromatic N) is 1. The van der Waals surface area contributed by atoms with Gasteiger partial charge in [0.05, 0.1) is 17.3 Å². The van der Waals surface area contributed by atoms with Gasteiger partial charge in [-0.15, -0.1) is 11.8 Å². The van der Waals surface area contributed by atoms with Gasteiger partial charge in [-0.2, -0.15) is 0 Å². The van der Waals surface area contributed by atoms with Gasteiger partial charge in [-0.05, 0) is 30.7 Å². The molecule has 0 saturated carbocycles. The maximum Gasteiger partial charge on any atom is 0.232 e. The number of carbonyl (C=O) groups excluding carboxylic acids is 1. The van der Waals surface area contributed by atoms with Crippen molar-refractivity contribution < 1.29 is 4.79 Å². The van der Waals surface area contributed by atoms with Crippen LogP contribution in [0.3, 0.4) is 0 Å². The smallest absolute Gasteiger partial charge is 0.232 e. The Kier molecular flexibility index (Phi) is 3.68. The van der Waals surface area contributed by atoms with Gasteiger partial charge in [-0.25, -0.2) is 4.98 Å². The fourth-order valence-corrected chi connectivity index (χ4v) is 3.68. The van der Waals surface area contributed by atoms with Crippen LogP contribution in [0.2, 0.25) is 5.15 Å². The molecule has 1 unspecified atom stereocenters. The highest BCUT2D eigenvalue weighted by Crippen LogP contribution is 2.39. The highest BCUT2D eigenvalue weighted by Gasteiger charge is 2.29. The molecule has 1 amide bonds. The van der Waals surface area contributed by atoms with Crippen LogP contribution in [-0.4, -0.2) is 16.6 Å². The van der Waals surface area contributed by atoms with Gasteiger partial charge in [0.1, 0.15) is 5.15 Å². The number of aromatic nitrogens is 1. The average molecular weight is 305 g/mol. The first kappa shape index (κ1) is 13.5. The van der Waals surface area contributed by atoms with Crippen molar-refractivity contribution in [1.82, 2.24) is 4.98 Å². The van der Waals surface area contributed by atoms with Gasteiger partial charge in [0.15, 0.2) is 0 Å². The molecule has 0 radical (unpaired) electrons. The first-order chi connectivity index (χ1) is 9.65. The molecular weight excluding hydrogens is 292 g/mol. The molecule has 3 rings (SSSR count). The van der Waals surface area contributed by atoms with Gasteiger partial charge < -0.3 is 5.32 Å². The van der Waals surface area contributed by atoms with Crippen LogP contribution in [0.5, 0.6) is 0 Å². The van der Waals surface area contributed by atoms with E-state index in [9.17, 15) is 4.79 Å². The van der Waals surface area contributed by atoms with E-state index in [1.165, 1.54) is 4.90 Å². The molecule has 0 saturated heterocycles. The lowest BCUT2D eigenvalue weighted by Crippen LogP contribution is -2.21. The Morgan fingerprint density at radius 2 is 2.15 bits per heavy atom. The third-order valence-electron chi connectivity index (χ3n) is 3.33. The van der Waals surface area contributed by atoms with Crippen LogP contribution >= 0.6 is 23.4 Å². The van der Waals surface area contributed by atoms with Crippen LogP contribution in [0.4, 0.5) is 5.69 Å². The van der Waals surface area contributed by atoms with Crippen molar-refractivity contribution in [3.8, 4) is 0 Å². The van der Waals surface area contributed by atoms with Crippen LogP contribution < -0.4 is 5.32 Å². The van der Waals surface area contributed by atoms with E-state index < -0.39 is 0 Å². The number of nitrogens with one attached hydrogen (secondary N) is 1. The zero-order chi connectivity index (χ0) is 14.1. The van der Waals surface area contributed by atoms with E-state index in [1.807, 2.05) is 25.1 Å². The van der Waals surface area contributed by atoms with Crippen LogP contribution in [0.1, 0.15) is 17.2 Å². The van der Waals surface area contributed by atoms with Crippen molar-refractivity contribution in [3.63, 3.8) is 0 Å². The highest BCUT2D eigenvalue weighted by atomic mass is 35.5. The second kappa shape index (κ2) is 5.46. The molecule has 20 heavy (non-hydrogen) atoms. The van der Waals surface area contributed by atoms with Gasteiger partial charge in [-0.1, -0.05) is 29.8 Å². The lowest BCUT2D eigenvalue weighted by Gasteiger charge is -2.13. The topological polar surface area (TPSA) is 42.0 Å². The quantitative estimate of drug-likeness (QED) is 0.856. The monoisotopic (exact) mass is 304 g/mol. The molecule has 3 nitrogen and oxygen atoms in total. The lowest BCUT2D eigenvalue weighted by molar-refractivity contribution is -0.117. The Bertz CT molecular complexity index is 675. The zero-order valence-electron chi connectivity index (χ0n) is 10.9. The van der Waals surface area contributed by atoms with Crippen molar-refractivity contribution in [1.29, 1.82) is 0 Å². The Morgan fingerprint density at radius 1 is 1.35 bits per heavy atom. The minimum atomic E-state index is -0.105. The summed E-state index contributed by atoms with van der Waals surface area (Å²) in [5.41, 5.74) is 2.55. The molecule has 5 heteroatoms. The predicted molar refractivity (Wildman–Crippen MR) is 82.5 cm³/mol. The summed E-state index contributed by atoms with van der Waals surface area (Å²) in [5.74, 6) is 0.687. The molecule has 1 aromatic heterocycles. The molecule has 2 aromatic rings. The summed E-state index contributed by atoms with van der Waals surface area (Å²) in [4.78, 5) is 17.8.